The second-order valence-corrected chi connectivity index (χ2v) is 3.11. The van der Waals surface area contributed by atoms with Gasteiger partial charge in [0, 0.05) is 11.6 Å². The zero-order valence-corrected chi connectivity index (χ0v) is 8.47. The molecule has 0 saturated heterocycles. The van der Waals surface area contributed by atoms with E-state index in [9.17, 15) is 8.78 Å². The van der Waals surface area contributed by atoms with E-state index in [1.54, 1.807) is 0 Å². The van der Waals surface area contributed by atoms with E-state index in [2.05, 4.69) is 6.58 Å². The molecule has 1 atom stereocenters. The van der Waals surface area contributed by atoms with Crippen LogP contribution in [0.5, 0.6) is 5.75 Å². The molecule has 2 N–H and O–H groups in total. The maximum absolute atomic E-state index is 13.6. The molecular weight excluding hydrogens is 200 g/mol. The fourth-order valence-electron chi connectivity index (χ4n) is 1.34. The van der Waals surface area contributed by atoms with Crippen LogP contribution >= 0.6 is 0 Å². The van der Waals surface area contributed by atoms with Gasteiger partial charge in [0.15, 0.2) is 11.6 Å². The van der Waals surface area contributed by atoms with Gasteiger partial charge in [-0.2, -0.15) is 0 Å². The van der Waals surface area contributed by atoms with Crippen LogP contribution in [0.4, 0.5) is 8.78 Å². The fraction of sp³-hybridized carbons (Fsp3) is 0.273. The van der Waals surface area contributed by atoms with Crippen LogP contribution in [0.1, 0.15) is 18.0 Å². The number of hydrogen-bond donors (Lipinski definition) is 1. The van der Waals surface area contributed by atoms with Crippen LogP contribution in [0.3, 0.4) is 0 Å². The number of rotatable bonds is 4. The van der Waals surface area contributed by atoms with Crippen molar-refractivity contribution in [1.29, 1.82) is 0 Å². The van der Waals surface area contributed by atoms with Crippen molar-refractivity contribution >= 4 is 0 Å². The Morgan fingerprint density at radius 1 is 1.53 bits per heavy atom. The van der Waals surface area contributed by atoms with Crippen LogP contribution in [-0.2, 0) is 0 Å². The highest BCUT2D eigenvalue weighted by molar-refractivity contribution is 5.34. The normalized spacial score (nSPS) is 12.3. The number of nitrogens with two attached hydrogens (primary N) is 1. The number of benzene rings is 1. The highest BCUT2D eigenvalue weighted by Crippen LogP contribution is 2.28. The summed E-state index contributed by atoms with van der Waals surface area (Å²) in [5, 5.41) is 0. The van der Waals surface area contributed by atoms with E-state index in [4.69, 9.17) is 10.5 Å². The summed E-state index contributed by atoms with van der Waals surface area (Å²) in [6.07, 6.45) is 1.82. The molecule has 15 heavy (non-hydrogen) atoms. The second-order valence-electron chi connectivity index (χ2n) is 3.11. The van der Waals surface area contributed by atoms with Crippen LogP contribution in [-0.4, -0.2) is 7.11 Å². The average Bonchev–Trinajstić information content (AvgIpc) is 2.18. The Balaban J connectivity index is 3.19. The van der Waals surface area contributed by atoms with Crippen molar-refractivity contribution in [3.63, 3.8) is 0 Å². The third-order valence-electron chi connectivity index (χ3n) is 2.10. The molecule has 0 heterocycles. The maximum atomic E-state index is 13.6. The average molecular weight is 213 g/mol. The van der Waals surface area contributed by atoms with Gasteiger partial charge in [-0.05, 0) is 18.6 Å². The Labute approximate surface area is 87.4 Å². The van der Waals surface area contributed by atoms with Gasteiger partial charge in [-0.15, -0.1) is 6.58 Å². The van der Waals surface area contributed by atoms with Gasteiger partial charge in [0.1, 0.15) is 5.82 Å². The predicted molar refractivity (Wildman–Crippen MR) is 54.7 cm³/mol. The van der Waals surface area contributed by atoms with E-state index in [0.717, 1.165) is 6.07 Å². The molecule has 0 radical (unpaired) electrons. The summed E-state index contributed by atoms with van der Waals surface area (Å²) in [4.78, 5) is 0. The quantitative estimate of drug-likeness (QED) is 0.780. The number of methoxy groups -OCH3 is 1. The van der Waals surface area contributed by atoms with E-state index in [1.807, 2.05) is 0 Å². The molecule has 4 heteroatoms. The minimum absolute atomic E-state index is 0.00841. The lowest BCUT2D eigenvalue weighted by Crippen LogP contribution is -2.14. The monoisotopic (exact) mass is 213 g/mol. The summed E-state index contributed by atoms with van der Waals surface area (Å²) in [6, 6.07) is 1.63. The topological polar surface area (TPSA) is 35.2 Å². The highest BCUT2D eigenvalue weighted by Gasteiger charge is 2.19. The third-order valence-corrected chi connectivity index (χ3v) is 2.10. The first-order chi connectivity index (χ1) is 7.11. The molecule has 0 aliphatic heterocycles. The van der Waals surface area contributed by atoms with Crippen LogP contribution in [0, 0.1) is 11.6 Å². The molecule has 1 aromatic rings. The van der Waals surface area contributed by atoms with Crippen molar-refractivity contribution in [1.82, 2.24) is 0 Å². The van der Waals surface area contributed by atoms with E-state index in [0.29, 0.717) is 6.42 Å². The Kier molecular flexibility index (Phi) is 3.80. The molecule has 0 unspecified atom stereocenters. The van der Waals surface area contributed by atoms with Gasteiger partial charge < -0.3 is 10.5 Å². The van der Waals surface area contributed by atoms with E-state index in [-0.39, 0.29) is 11.3 Å². The van der Waals surface area contributed by atoms with Crippen molar-refractivity contribution in [2.24, 2.45) is 5.73 Å². The standard InChI is InChI=1S/C11H13F2NO/c1-3-4-8(14)10-7(12)5-6-9(15-2)11(10)13/h3,5-6,8H,1,4,14H2,2H3/t8-/m1/s1. The van der Waals surface area contributed by atoms with Crippen molar-refractivity contribution in [2.45, 2.75) is 12.5 Å². The maximum Gasteiger partial charge on any atom is 0.172 e. The molecule has 0 aliphatic carbocycles. The Bertz CT molecular complexity index is 366. The van der Waals surface area contributed by atoms with Crippen LogP contribution < -0.4 is 10.5 Å². The van der Waals surface area contributed by atoms with Gasteiger partial charge >= 0.3 is 0 Å². The number of ether oxygens (including phenoxy) is 1. The first kappa shape index (κ1) is 11.7. The highest BCUT2D eigenvalue weighted by atomic mass is 19.1. The van der Waals surface area contributed by atoms with Gasteiger partial charge in [-0.1, -0.05) is 6.08 Å². The fourth-order valence-corrected chi connectivity index (χ4v) is 1.34. The van der Waals surface area contributed by atoms with E-state index in [1.165, 1.54) is 19.3 Å². The molecule has 0 spiro atoms. The number of halogens is 2. The molecule has 82 valence electrons. The molecule has 0 saturated carbocycles. The summed E-state index contributed by atoms with van der Waals surface area (Å²) in [5.74, 6) is -1.42. The Morgan fingerprint density at radius 2 is 2.20 bits per heavy atom. The lowest BCUT2D eigenvalue weighted by atomic mass is 10.0. The first-order valence-corrected chi connectivity index (χ1v) is 4.50. The van der Waals surface area contributed by atoms with Gasteiger partial charge in [0.25, 0.3) is 0 Å². The molecule has 1 aromatic carbocycles. The summed E-state index contributed by atoms with van der Waals surface area (Å²) in [6.45, 7) is 3.47. The van der Waals surface area contributed by atoms with Crippen LogP contribution in [0.2, 0.25) is 0 Å². The van der Waals surface area contributed by atoms with E-state index < -0.39 is 17.7 Å². The zero-order valence-electron chi connectivity index (χ0n) is 8.47. The van der Waals surface area contributed by atoms with Gasteiger partial charge in [-0.25, -0.2) is 8.78 Å². The lowest BCUT2D eigenvalue weighted by molar-refractivity contribution is 0.378. The van der Waals surface area contributed by atoms with Crippen molar-refractivity contribution < 1.29 is 13.5 Å². The van der Waals surface area contributed by atoms with Crippen molar-refractivity contribution in [2.75, 3.05) is 7.11 Å². The first-order valence-electron chi connectivity index (χ1n) is 4.50. The van der Waals surface area contributed by atoms with Crippen LogP contribution in [0.25, 0.3) is 0 Å². The lowest BCUT2D eigenvalue weighted by Gasteiger charge is -2.13. The summed E-state index contributed by atoms with van der Waals surface area (Å²) in [5.41, 5.74) is 5.47. The molecule has 0 amide bonds. The predicted octanol–water partition coefficient (Wildman–Crippen LogP) is 2.55. The smallest absolute Gasteiger partial charge is 0.172 e. The zero-order chi connectivity index (χ0) is 11.4. The second kappa shape index (κ2) is 4.89. The minimum atomic E-state index is -0.744. The summed E-state index contributed by atoms with van der Waals surface area (Å²) >= 11 is 0. The minimum Gasteiger partial charge on any atom is -0.494 e. The number of hydrogen-bond acceptors (Lipinski definition) is 2. The van der Waals surface area contributed by atoms with Gasteiger partial charge in [0.2, 0.25) is 0 Å². The Morgan fingerprint density at radius 3 is 2.73 bits per heavy atom. The van der Waals surface area contributed by atoms with Gasteiger partial charge in [0.05, 0.1) is 7.11 Å². The van der Waals surface area contributed by atoms with Crippen molar-refractivity contribution in [3.05, 3.63) is 42.0 Å². The Hall–Kier alpha value is -1.42. The van der Waals surface area contributed by atoms with Crippen molar-refractivity contribution in [3.8, 4) is 5.75 Å². The molecule has 2 nitrogen and oxygen atoms in total. The van der Waals surface area contributed by atoms with Crippen LogP contribution in [0.15, 0.2) is 24.8 Å². The summed E-state index contributed by atoms with van der Waals surface area (Å²) in [7, 11) is 1.32. The molecule has 0 aliphatic rings. The molecule has 0 fully saturated rings. The van der Waals surface area contributed by atoms with Gasteiger partial charge in [-0.3, -0.25) is 0 Å². The van der Waals surface area contributed by atoms with E-state index >= 15 is 0 Å². The third kappa shape index (κ3) is 2.33. The molecule has 0 bridgehead atoms. The molecular formula is C11H13F2NO. The summed E-state index contributed by atoms with van der Waals surface area (Å²) < 4.78 is 31.7. The largest absolute Gasteiger partial charge is 0.494 e. The SMILES string of the molecule is C=CC[C@@H](N)c1c(F)ccc(OC)c1F. The molecule has 1 rings (SSSR count). The molecule has 0 aromatic heterocycles.